The zero-order chi connectivity index (χ0) is 10.1. The second-order valence-corrected chi connectivity index (χ2v) is 4.13. The van der Waals surface area contributed by atoms with E-state index in [2.05, 4.69) is 4.98 Å². The first-order valence-electron chi connectivity index (χ1n) is 4.29. The molecule has 0 amide bonds. The van der Waals surface area contributed by atoms with Gasteiger partial charge >= 0.3 is 5.97 Å². The van der Waals surface area contributed by atoms with Gasteiger partial charge in [-0.2, -0.15) is 0 Å². The molecule has 6 heteroatoms. The lowest BCUT2D eigenvalue weighted by atomic mass is 10.2. The van der Waals surface area contributed by atoms with Gasteiger partial charge in [0.15, 0.2) is 5.69 Å². The zero-order valence-corrected chi connectivity index (χ0v) is 8.21. The molecule has 1 aliphatic rings. The second kappa shape index (κ2) is 3.55. The third-order valence-corrected chi connectivity index (χ3v) is 3.05. The first-order valence-corrected chi connectivity index (χ1v) is 5.11. The number of hydrogen-bond acceptors (Lipinski definition) is 5. The van der Waals surface area contributed by atoms with E-state index < -0.39 is 5.97 Å². The molecular weight excluding hydrogens is 204 g/mol. The molecular formula is C8H10N2O3S. The standard InChI is InChI=1S/C8H10N2O3S/c9-6-5(8(11)12)10-7(14-6)4-2-1-3-13-4/h4H,1-3,9H2,(H,11,12). The average Bonchev–Trinajstić information content (AvgIpc) is 2.70. The van der Waals surface area contributed by atoms with Crippen molar-refractivity contribution in [3.63, 3.8) is 0 Å². The number of nitrogens with zero attached hydrogens (tertiary/aromatic N) is 1. The fraction of sp³-hybridized carbons (Fsp3) is 0.500. The van der Waals surface area contributed by atoms with Gasteiger partial charge in [0.2, 0.25) is 0 Å². The third-order valence-electron chi connectivity index (χ3n) is 2.08. The molecule has 1 unspecified atom stereocenters. The molecule has 1 atom stereocenters. The number of nitrogen functional groups attached to an aromatic ring is 1. The number of carboxylic acid groups (broad SMARTS) is 1. The van der Waals surface area contributed by atoms with Crippen LogP contribution in [0, 0.1) is 0 Å². The minimum Gasteiger partial charge on any atom is -0.476 e. The fourth-order valence-electron chi connectivity index (χ4n) is 1.41. The van der Waals surface area contributed by atoms with Gasteiger partial charge in [-0.25, -0.2) is 9.78 Å². The Morgan fingerprint density at radius 2 is 2.50 bits per heavy atom. The molecule has 1 saturated heterocycles. The number of carbonyl (C=O) groups is 1. The summed E-state index contributed by atoms with van der Waals surface area (Å²) in [6.45, 7) is 0.715. The van der Waals surface area contributed by atoms with Gasteiger partial charge in [-0.3, -0.25) is 0 Å². The Morgan fingerprint density at radius 1 is 1.71 bits per heavy atom. The Bertz CT molecular complexity index is 357. The Hall–Kier alpha value is -1.14. The van der Waals surface area contributed by atoms with Crippen LogP contribution in [-0.2, 0) is 4.74 Å². The van der Waals surface area contributed by atoms with Gasteiger partial charge in [-0.15, -0.1) is 0 Å². The van der Waals surface area contributed by atoms with Crippen LogP contribution in [0.4, 0.5) is 5.00 Å². The number of hydrogen-bond donors (Lipinski definition) is 2. The van der Waals surface area contributed by atoms with Crippen molar-refractivity contribution in [1.29, 1.82) is 0 Å². The minimum atomic E-state index is -1.08. The van der Waals surface area contributed by atoms with Crippen molar-refractivity contribution in [3.05, 3.63) is 10.7 Å². The van der Waals surface area contributed by atoms with Crippen LogP contribution in [0.2, 0.25) is 0 Å². The lowest BCUT2D eigenvalue weighted by Crippen LogP contribution is -2.01. The summed E-state index contributed by atoms with van der Waals surface area (Å²) in [5, 5.41) is 9.68. The maximum atomic E-state index is 10.7. The Morgan fingerprint density at radius 3 is 3.00 bits per heavy atom. The van der Waals surface area contributed by atoms with Crippen molar-refractivity contribution in [2.24, 2.45) is 0 Å². The van der Waals surface area contributed by atoms with Crippen LogP contribution < -0.4 is 5.73 Å². The number of carboxylic acids is 1. The predicted octanol–water partition coefficient (Wildman–Crippen LogP) is 1.28. The van der Waals surface area contributed by atoms with Crippen molar-refractivity contribution < 1.29 is 14.6 Å². The first kappa shape index (κ1) is 9.42. The summed E-state index contributed by atoms with van der Waals surface area (Å²) in [5.41, 5.74) is 5.47. The summed E-state index contributed by atoms with van der Waals surface area (Å²) in [6, 6.07) is 0. The molecule has 0 bridgehead atoms. The number of nitrogens with two attached hydrogens (primary N) is 1. The van der Waals surface area contributed by atoms with Crippen LogP contribution in [0.5, 0.6) is 0 Å². The summed E-state index contributed by atoms with van der Waals surface area (Å²) in [6.07, 6.45) is 1.83. The van der Waals surface area contributed by atoms with Gasteiger partial charge in [0, 0.05) is 6.61 Å². The summed E-state index contributed by atoms with van der Waals surface area (Å²) >= 11 is 1.20. The smallest absolute Gasteiger partial charge is 0.357 e. The lowest BCUT2D eigenvalue weighted by Gasteiger charge is -2.02. The number of thiazole rings is 1. The van der Waals surface area contributed by atoms with Gasteiger partial charge in [0.05, 0.1) is 0 Å². The monoisotopic (exact) mass is 214 g/mol. The zero-order valence-electron chi connectivity index (χ0n) is 7.40. The highest BCUT2D eigenvalue weighted by Crippen LogP contribution is 2.33. The van der Waals surface area contributed by atoms with Gasteiger partial charge in [0.1, 0.15) is 16.1 Å². The summed E-state index contributed by atoms with van der Waals surface area (Å²) < 4.78 is 5.39. The number of ether oxygens (including phenoxy) is 1. The Labute approximate surface area is 84.5 Å². The quantitative estimate of drug-likeness (QED) is 0.774. The molecule has 1 aromatic rings. The maximum absolute atomic E-state index is 10.7. The molecule has 1 aliphatic heterocycles. The average molecular weight is 214 g/mol. The highest BCUT2D eigenvalue weighted by Gasteiger charge is 2.24. The highest BCUT2D eigenvalue weighted by molar-refractivity contribution is 7.16. The van der Waals surface area contributed by atoms with Crippen LogP contribution in [0.1, 0.15) is 34.4 Å². The van der Waals surface area contributed by atoms with Crippen molar-refractivity contribution in [2.75, 3.05) is 12.3 Å². The third kappa shape index (κ3) is 1.58. The van der Waals surface area contributed by atoms with Crippen LogP contribution >= 0.6 is 11.3 Å². The van der Waals surface area contributed by atoms with E-state index in [0.717, 1.165) is 12.8 Å². The molecule has 76 valence electrons. The van der Waals surface area contributed by atoms with Crippen LogP contribution in [0.15, 0.2) is 0 Å². The number of anilines is 1. The van der Waals surface area contributed by atoms with Crippen LogP contribution in [-0.4, -0.2) is 22.7 Å². The van der Waals surface area contributed by atoms with E-state index in [-0.39, 0.29) is 16.8 Å². The molecule has 0 aromatic carbocycles. The molecule has 0 aliphatic carbocycles. The van der Waals surface area contributed by atoms with E-state index in [4.69, 9.17) is 15.6 Å². The van der Waals surface area contributed by atoms with Crippen molar-refractivity contribution >= 4 is 22.3 Å². The van der Waals surface area contributed by atoms with Gasteiger partial charge in [-0.1, -0.05) is 11.3 Å². The number of aromatic nitrogens is 1. The second-order valence-electron chi connectivity index (χ2n) is 3.07. The van der Waals surface area contributed by atoms with Crippen molar-refractivity contribution in [1.82, 2.24) is 4.98 Å². The maximum Gasteiger partial charge on any atom is 0.357 e. The van der Waals surface area contributed by atoms with Gasteiger partial charge in [-0.05, 0) is 12.8 Å². The highest BCUT2D eigenvalue weighted by atomic mass is 32.1. The van der Waals surface area contributed by atoms with E-state index in [1.807, 2.05) is 0 Å². The summed E-state index contributed by atoms with van der Waals surface area (Å²) in [5.74, 6) is -1.08. The van der Waals surface area contributed by atoms with Crippen LogP contribution in [0.3, 0.4) is 0 Å². The van der Waals surface area contributed by atoms with Gasteiger partial charge < -0.3 is 15.6 Å². The van der Waals surface area contributed by atoms with E-state index >= 15 is 0 Å². The predicted molar refractivity (Wildman–Crippen MR) is 51.4 cm³/mol. The first-order chi connectivity index (χ1) is 6.68. The summed E-state index contributed by atoms with van der Waals surface area (Å²) in [4.78, 5) is 14.6. The molecule has 2 heterocycles. The molecule has 2 rings (SSSR count). The molecule has 3 N–H and O–H groups in total. The van der Waals surface area contributed by atoms with E-state index in [1.165, 1.54) is 11.3 Å². The fourth-order valence-corrected chi connectivity index (χ4v) is 2.32. The van der Waals surface area contributed by atoms with Crippen molar-refractivity contribution in [2.45, 2.75) is 18.9 Å². The SMILES string of the molecule is Nc1sc(C2CCCO2)nc1C(=O)O. The number of rotatable bonds is 2. The molecule has 14 heavy (non-hydrogen) atoms. The summed E-state index contributed by atoms with van der Waals surface area (Å²) in [7, 11) is 0. The Balaban J connectivity index is 2.27. The number of aromatic carboxylic acids is 1. The molecule has 5 nitrogen and oxygen atoms in total. The molecule has 0 radical (unpaired) electrons. The van der Waals surface area contributed by atoms with E-state index in [9.17, 15) is 4.79 Å². The largest absolute Gasteiger partial charge is 0.476 e. The van der Waals surface area contributed by atoms with Crippen LogP contribution in [0.25, 0.3) is 0 Å². The minimum absolute atomic E-state index is 0.0551. The topological polar surface area (TPSA) is 85.4 Å². The van der Waals surface area contributed by atoms with Gasteiger partial charge in [0.25, 0.3) is 0 Å². The molecule has 0 spiro atoms. The van der Waals surface area contributed by atoms with E-state index in [1.54, 1.807) is 0 Å². The lowest BCUT2D eigenvalue weighted by molar-refractivity contribution is 0.0691. The Kier molecular flexibility index (Phi) is 2.39. The molecule has 1 aromatic heterocycles. The molecule has 0 saturated carbocycles. The normalized spacial score (nSPS) is 21.3. The molecule has 1 fully saturated rings. The van der Waals surface area contributed by atoms with E-state index in [0.29, 0.717) is 11.6 Å². The van der Waals surface area contributed by atoms with Crippen molar-refractivity contribution in [3.8, 4) is 0 Å².